The Morgan fingerprint density at radius 3 is 2.72 bits per heavy atom. The number of carbonyl (C=O) groups excluding carboxylic acids is 1. The molecule has 0 atom stereocenters. The molecule has 0 bridgehead atoms. The third kappa shape index (κ3) is 1.90. The normalized spacial score (nSPS) is 20.4. The number of phenols is 1. The van der Waals surface area contributed by atoms with Gasteiger partial charge in [0, 0.05) is 18.7 Å². The smallest absolute Gasteiger partial charge is 0.429 e. The monoisotopic (exact) mass is 248 g/mol. The third-order valence-electron chi connectivity index (χ3n) is 3.43. The van der Waals surface area contributed by atoms with E-state index >= 15 is 0 Å². The minimum Gasteiger partial charge on any atom is -0.508 e. The van der Waals surface area contributed by atoms with Crippen LogP contribution in [0.15, 0.2) is 18.2 Å². The number of amides is 1. The van der Waals surface area contributed by atoms with Gasteiger partial charge in [0.15, 0.2) is 0 Å². The highest BCUT2D eigenvalue weighted by atomic mass is 16.6. The molecule has 1 amide bonds. The maximum atomic E-state index is 11.9. The molecular weight excluding hydrogens is 232 g/mol. The number of carbonyl (C=O) groups is 1. The molecule has 3 rings (SSSR count). The Morgan fingerprint density at radius 2 is 1.94 bits per heavy atom. The molecule has 1 aromatic rings. The Labute approximate surface area is 106 Å². The Bertz CT molecular complexity index is 469. The van der Waals surface area contributed by atoms with Crippen molar-refractivity contribution in [3.63, 3.8) is 0 Å². The molecule has 2 heterocycles. The standard InChI is InChI=1S/C13H16N2O3/c16-11-4-5-12-10(8-11)9-18-13(17)15(12)14-6-2-1-3-7-14/h4-5,8,16H,1-3,6-7,9H2. The third-order valence-corrected chi connectivity index (χ3v) is 3.43. The second kappa shape index (κ2) is 4.49. The molecule has 5 heteroatoms. The van der Waals surface area contributed by atoms with Gasteiger partial charge in [-0.1, -0.05) is 6.42 Å². The Hall–Kier alpha value is -1.75. The van der Waals surface area contributed by atoms with E-state index in [-0.39, 0.29) is 18.4 Å². The second-order valence-corrected chi connectivity index (χ2v) is 4.69. The topological polar surface area (TPSA) is 53.0 Å². The van der Waals surface area contributed by atoms with Gasteiger partial charge in [0.2, 0.25) is 0 Å². The molecule has 2 aliphatic heterocycles. The first-order valence-corrected chi connectivity index (χ1v) is 6.29. The van der Waals surface area contributed by atoms with Gasteiger partial charge >= 0.3 is 6.09 Å². The number of nitrogens with zero attached hydrogens (tertiary/aromatic N) is 2. The molecular formula is C13H16N2O3. The summed E-state index contributed by atoms with van der Waals surface area (Å²) in [6, 6.07) is 5.03. The van der Waals surface area contributed by atoms with Gasteiger partial charge in [0.25, 0.3) is 0 Å². The van der Waals surface area contributed by atoms with Gasteiger partial charge in [-0.15, -0.1) is 0 Å². The van der Waals surface area contributed by atoms with E-state index in [1.165, 1.54) is 6.42 Å². The number of cyclic esters (lactones) is 1. The number of ether oxygens (including phenoxy) is 1. The lowest BCUT2D eigenvalue weighted by Gasteiger charge is -2.39. The summed E-state index contributed by atoms with van der Waals surface area (Å²) in [6.07, 6.45) is 3.08. The van der Waals surface area contributed by atoms with Gasteiger partial charge in [-0.05, 0) is 31.0 Å². The Morgan fingerprint density at radius 1 is 1.17 bits per heavy atom. The van der Waals surface area contributed by atoms with Crippen molar-refractivity contribution >= 4 is 11.8 Å². The van der Waals surface area contributed by atoms with E-state index in [0.717, 1.165) is 37.2 Å². The van der Waals surface area contributed by atoms with Gasteiger partial charge in [0.1, 0.15) is 12.4 Å². The molecule has 18 heavy (non-hydrogen) atoms. The van der Waals surface area contributed by atoms with Crippen LogP contribution in [0.5, 0.6) is 5.75 Å². The quantitative estimate of drug-likeness (QED) is 0.828. The molecule has 1 saturated heterocycles. The predicted molar refractivity (Wildman–Crippen MR) is 66.2 cm³/mol. The molecule has 0 radical (unpaired) electrons. The highest BCUT2D eigenvalue weighted by Crippen LogP contribution is 2.32. The maximum absolute atomic E-state index is 11.9. The lowest BCUT2D eigenvalue weighted by molar-refractivity contribution is 0.108. The Kier molecular flexibility index (Phi) is 2.83. The number of benzene rings is 1. The van der Waals surface area contributed by atoms with Gasteiger partial charge in [-0.25, -0.2) is 14.8 Å². The number of hydrazine groups is 1. The largest absolute Gasteiger partial charge is 0.508 e. The van der Waals surface area contributed by atoms with Crippen LogP contribution in [0, 0.1) is 0 Å². The van der Waals surface area contributed by atoms with Crippen LogP contribution in [0.4, 0.5) is 10.5 Å². The van der Waals surface area contributed by atoms with Crippen LogP contribution in [0.25, 0.3) is 0 Å². The predicted octanol–water partition coefficient (Wildman–Crippen LogP) is 2.25. The molecule has 96 valence electrons. The summed E-state index contributed by atoms with van der Waals surface area (Å²) in [5.74, 6) is 0.199. The average Bonchev–Trinajstić information content (AvgIpc) is 2.40. The minimum atomic E-state index is -0.324. The number of aromatic hydroxyl groups is 1. The SMILES string of the molecule is O=C1OCc2cc(O)ccc2N1N1CCCCC1. The van der Waals surface area contributed by atoms with Crippen LogP contribution in [0.2, 0.25) is 0 Å². The fourth-order valence-electron chi connectivity index (χ4n) is 2.54. The summed E-state index contributed by atoms with van der Waals surface area (Å²) in [5, 5.41) is 13.1. The molecule has 1 aromatic carbocycles. The van der Waals surface area contributed by atoms with Crippen LogP contribution in [-0.4, -0.2) is 29.3 Å². The zero-order valence-electron chi connectivity index (χ0n) is 10.1. The van der Waals surface area contributed by atoms with Gasteiger partial charge in [0.05, 0.1) is 5.69 Å². The van der Waals surface area contributed by atoms with Crippen molar-refractivity contribution in [2.75, 3.05) is 18.1 Å². The number of rotatable bonds is 1. The van der Waals surface area contributed by atoms with E-state index in [1.54, 1.807) is 23.2 Å². The first-order valence-electron chi connectivity index (χ1n) is 6.29. The number of phenolic OH excluding ortho intramolecular Hbond substituents is 1. The van der Waals surface area contributed by atoms with E-state index < -0.39 is 0 Å². The zero-order chi connectivity index (χ0) is 12.5. The molecule has 1 N–H and O–H groups in total. The van der Waals surface area contributed by atoms with Crippen molar-refractivity contribution in [3.8, 4) is 5.75 Å². The van der Waals surface area contributed by atoms with Crippen LogP contribution in [0.3, 0.4) is 0 Å². The summed E-state index contributed by atoms with van der Waals surface area (Å²) in [7, 11) is 0. The first kappa shape index (κ1) is 11.3. The lowest BCUT2D eigenvalue weighted by Crippen LogP contribution is -2.51. The molecule has 0 aromatic heterocycles. The average molecular weight is 248 g/mol. The lowest BCUT2D eigenvalue weighted by atomic mass is 10.1. The summed E-state index contributed by atoms with van der Waals surface area (Å²) >= 11 is 0. The minimum absolute atomic E-state index is 0.199. The summed E-state index contributed by atoms with van der Waals surface area (Å²) in [6.45, 7) is 1.97. The van der Waals surface area contributed by atoms with E-state index in [0.29, 0.717) is 0 Å². The van der Waals surface area contributed by atoms with Crippen molar-refractivity contribution in [2.24, 2.45) is 0 Å². The van der Waals surface area contributed by atoms with Crippen molar-refractivity contribution < 1.29 is 14.6 Å². The number of hydrogen-bond acceptors (Lipinski definition) is 4. The Balaban J connectivity index is 1.95. The molecule has 0 spiro atoms. The number of hydrogen-bond donors (Lipinski definition) is 1. The van der Waals surface area contributed by atoms with E-state index in [4.69, 9.17) is 4.74 Å². The van der Waals surface area contributed by atoms with Crippen LogP contribution >= 0.6 is 0 Å². The van der Waals surface area contributed by atoms with Gasteiger partial charge in [-0.3, -0.25) is 0 Å². The van der Waals surface area contributed by atoms with Gasteiger partial charge in [-0.2, -0.15) is 0 Å². The van der Waals surface area contributed by atoms with Crippen molar-refractivity contribution in [3.05, 3.63) is 23.8 Å². The molecule has 1 fully saturated rings. The summed E-state index contributed by atoms with van der Waals surface area (Å²) < 4.78 is 5.16. The summed E-state index contributed by atoms with van der Waals surface area (Å²) in [4.78, 5) is 11.9. The number of anilines is 1. The van der Waals surface area contributed by atoms with E-state index in [1.807, 2.05) is 5.01 Å². The fraction of sp³-hybridized carbons (Fsp3) is 0.462. The van der Waals surface area contributed by atoms with E-state index in [2.05, 4.69) is 0 Å². The molecule has 0 saturated carbocycles. The van der Waals surface area contributed by atoms with Crippen LogP contribution < -0.4 is 5.01 Å². The molecule has 5 nitrogen and oxygen atoms in total. The van der Waals surface area contributed by atoms with Crippen LogP contribution in [-0.2, 0) is 11.3 Å². The fourth-order valence-corrected chi connectivity index (χ4v) is 2.54. The number of fused-ring (bicyclic) bond motifs is 1. The first-order chi connectivity index (χ1) is 8.75. The van der Waals surface area contributed by atoms with Crippen molar-refractivity contribution in [1.82, 2.24) is 5.01 Å². The highest BCUT2D eigenvalue weighted by Gasteiger charge is 2.31. The molecule has 2 aliphatic rings. The zero-order valence-corrected chi connectivity index (χ0v) is 10.1. The number of piperidine rings is 1. The molecule has 0 aliphatic carbocycles. The summed E-state index contributed by atoms with van der Waals surface area (Å²) in [5.41, 5.74) is 1.67. The maximum Gasteiger partial charge on any atom is 0.429 e. The molecule has 0 unspecified atom stereocenters. The van der Waals surface area contributed by atoms with E-state index in [9.17, 15) is 9.90 Å². The highest BCUT2D eigenvalue weighted by molar-refractivity contribution is 5.89. The van der Waals surface area contributed by atoms with Crippen molar-refractivity contribution in [1.29, 1.82) is 0 Å². The van der Waals surface area contributed by atoms with Crippen molar-refractivity contribution in [2.45, 2.75) is 25.9 Å². The van der Waals surface area contributed by atoms with Crippen LogP contribution in [0.1, 0.15) is 24.8 Å². The van der Waals surface area contributed by atoms with Gasteiger partial charge < -0.3 is 9.84 Å². The second-order valence-electron chi connectivity index (χ2n) is 4.69.